The monoisotopic (exact) mass is 286 g/mol. The molecule has 0 radical (unpaired) electrons. The fourth-order valence-corrected chi connectivity index (χ4v) is 2.36. The molecule has 110 valence electrons. The Bertz CT molecular complexity index is 630. The fourth-order valence-electron chi connectivity index (χ4n) is 2.36. The van der Waals surface area contributed by atoms with Crippen LogP contribution in [0.1, 0.15) is 16.9 Å². The maximum atomic E-state index is 12.4. The first-order valence-electron chi connectivity index (χ1n) is 7.03. The van der Waals surface area contributed by atoms with Crippen LogP contribution in [-0.4, -0.2) is 46.9 Å². The first-order valence-corrected chi connectivity index (χ1v) is 7.03. The van der Waals surface area contributed by atoms with Gasteiger partial charge in [0.2, 0.25) is 0 Å². The van der Waals surface area contributed by atoms with Gasteiger partial charge in [0.25, 0.3) is 5.91 Å². The third-order valence-corrected chi connectivity index (χ3v) is 3.45. The van der Waals surface area contributed by atoms with E-state index >= 15 is 0 Å². The van der Waals surface area contributed by atoms with Crippen molar-refractivity contribution in [3.63, 3.8) is 0 Å². The van der Waals surface area contributed by atoms with E-state index in [9.17, 15) is 4.79 Å². The van der Waals surface area contributed by atoms with Gasteiger partial charge in [0.15, 0.2) is 5.69 Å². The van der Waals surface area contributed by atoms with Crippen LogP contribution in [-0.2, 0) is 4.74 Å². The third kappa shape index (κ3) is 3.05. The van der Waals surface area contributed by atoms with Crippen molar-refractivity contribution in [3.05, 3.63) is 42.2 Å². The van der Waals surface area contributed by atoms with Crippen LogP contribution < -0.4 is 5.73 Å². The summed E-state index contributed by atoms with van der Waals surface area (Å²) in [6, 6.07) is 9.13. The first-order chi connectivity index (χ1) is 10.2. The average Bonchev–Trinajstić information content (AvgIpc) is 2.82. The summed E-state index contributed by atoms with van der Waals surface area (Å²) in [5.41, 5.74) is 7.72. The summed E-state index contributed by atoms with van der Waals surface area (Å²) in [5, 5.41) is 4.36. The van der Waals surface area contributed by atoms with E-state index in [2.05, 4.69) is 5.10 Å². The van der Waals surface area contributed by atoms with Crippen LogP contribution in [0.5, 0.6) is 0 Å². The SMILES string of the molecule is Nc1cccc(-n2ccc(C(=O)N3CCCOCC3)n2)c1. The number of carbonyl (C=O) groups excluding carboxylic acids is 1. The van der Waals surface area contributed by atoms with Crippen molar-refractivity contribution in [2.75, 3.05) is 32.0 Å². The lowest BCUT2D eigenvalue weighted by atomic mass is 10.3. The summed E-state index contributed by atoms with van der Waals surface area (Å²) in [6.45, 7) is 2.62. The van der Waals surface area contributed by atoms with Gasteiger partial charge in [-0.1, -0.05) is 6.07 Å². The molecule has 0 saturated carbocycles. The van der Waals surface area contributed by atoms with E-state index in [1.807, 2.05) is 24.3 Å². The van der Waals surface area contributed by atoms with E-state index in [1.165, 1.54) is 0 Å². The van der Waals surface area contributed by atoms with E-state index in [0.29, 0.717) is 37.7 Å². The second kappa shape index (κ2) is 5.97. The second-order valence-electron chi connectivity index (χ2n) is 5.00. The molecule has 0 unspecified atom stereocenters. The Morgan fingerprint density at radius 1 is 1.24 bits per heavy atom. The molecule has 6 heteroatoms. The van der Waals surface area contributed by atoms with E-state index in [4.69, 9.17) is 10.5 Å². The normalized spacial score (nSPS) is 15.7. The van der Waals surface area contributed by atoms with Crippen molar-refractivity contribution in [2.45, 2.75) is 6.42 Å². The van der Waals surface area contributed by atoms with E-state index < -0.39 is 0 Å². The zero-order valence-electron chi connectivity index (χ0n) is 11.7. The van der Waals surface area contributed by atoms with Gasteiger partial charge in [-0.15, -0.1) is 0 Å². The van der Waals surface area contributed by atoms with Crippen LogP contribution in [0.4, 0.5) is 5.69 Å². The zero-order chi connectivity index (χ0) is 14.7. The molecule has 1 aliphatic heterocycles. The molecule has 21 heavy (non-hydrogen) atoms. The van der Waals surface area contributed by atoms with E-state index in [-0.39, 0.29) is 5.91 Å². The fraction of sp³-hybridized carbons (Fsp3) is 0.333. The summed E-state index contributed by atoms with van der Waals surface area (Å²) in [7, 11) is 0. The Kier molecular flexibility index (Phi) is 3.87. The lowest BCUT2D eigenvalue weighted by Crippen LogP contribution is -2.33. The lowest BCUT2D eigenvalue weighted by molar-refractivity contribution is 0.0735. The maximum absolute atomic E-state index is 12.4. The molecular weight excluding hydrogens is 268 g/mol. The number of benzene rings is 1. The summed E-state index contributed by atoms with van der Waals surface area (Å²) in [5.74, 6) is -0.0526. The standard InChI is InChI=1S/C15H18N4O2/c16-12-3-1-4-13(11-12)19-7-5-14(17-19)15(20)18-6-2-9-21-10-8-18/h1,3-5,7,11H,2,6,8-10,16H2. The van der Waals surface area contributed by atoms with Gasteiger partial charge in [-0.25, -0.2) is 4.68 Å². The Labute approximate surface area is 123 Å². The molecule has 0 atom stereocenters. The number of carbonyl (C=O) groups is 1. The van der Waals surface area contributed by atoms with Crippen LogP contribution in [0, 0.1) is 0 Å². The van der Waals surface area contributed by atoms with Crippen LogP contribution in [0.2, 0.25) is 0 Å². The average molecular weight is 286 g/mol. The van der Waals surface area contributed by atoms with Crippen molar-refractivity contribution >= 4 is 11.6 Å². The number of rotatable bonds is 2. The highest BCUT2D eigenvalue weighted by Gasteiger charge is 2.19. The van der Waals surface area contributed by atoms with E-state index in [0.717, 1.165) is 12.1 Å². The smallest absolute Gasteiger partial charge is 0.274 e. The molecule has 2 N–H and O–H groups in total. The van der Waals surface area contributed by atoms with Gasteiger partial charge in [0.1, 0.15) is 0 Å². The number of hydrogen-bond donors (Lipinski definition) is 1. The Hall–Kier alpha value is -2.34. The van der Waals surface area contributed by atoms with Gasteiger partial charge in [0, 0.05) is 31.6 Å². The number of nitrogens with zero attached hydrogens (tertiary/aromatic N) is 3. The summed E-state index contributed by atoms with van der Waals surface area (Å²) in [6.07, 6.45) is 2.64. The minimum absolute atomic E-state index is 0.0526. The predicted octanol–water partition coefficient (Wildman–Crippen LogP) is 1.32. The molecule has 1 aromatic heterocycles. The lowest BCUT2D eigenvalue weighted by Gasteiger charge is -2.17. The highest BCUT2D eigenvalue weighted by atomic mass is 16.5. The molecule has 2 aromatic rings. The van der Waals surface area contributed by atoms with Crippen molar-refractivity contribution in [1.82, 2.24) is 14.7 Å². The Balaban J connectivity index is 1.79. The summed E-state index contributed by atoms with van der Waals surface area (Å²) in [4.78, 5) is 14.2. The van der Waals surface area contributed by atoms with Crippen molar-refractivity contribution in [2.24, 2.45) is 0 Å². The molecule has 0 spiro atoms. The molecular formula is C15H18N4O2. The minimum Gasteiger partial charge on any atom is -0.399 e. The van der Waals surface area contributed by atoms with E-state index in [1.54, 1.807) is 21.8 Å². The number of nitrogens with two attached hydrogens (primary N) is 1. The van der Waals surface area contributed by atoms with Crippen LogP contribution in [0.3, 0.4) is 0 Å². The van der Waals surface area contributed by atoms with Gasteiger partial charge in [-0.3, -0.25) is 4.79 Å². The molecule has 1 fully saturated rings. The van der Waals surface area contributed by atoms with Crippen molar-refractivity contribution < 1.29 is 9.53 Å². The van der Waals surface area contributed by atoms with Gasteiger partial charge in [-0.2, -0.15) is 5.10 Å². The highest BCUT2D eigenvalue weighted by Crippen LogP contribution is 2.13. The van der Waals surface area contributed by atoms with Crippen LogP contribution in [0.25, 0.3) is 5.69 Å². The number of aromatic nitrogens is 2. The summed E-state index contributed by atoms with van der Waals surface area (Å²) >= 11 is 0. The minimum atomic E-state index is -0.0526. The van der Waals surface area contributed by atoms with Crippen molar-refractivity contribution in [1.29, 1.82) is 0 Å². The molecule has 1 saturated heterocycles. The topological polar surface area (TPSA) is 73.4 Å². The molecule has 1 amide bonds. The van der Waals surface area contributed by atoms with Crippen molar-refractivity contribution in [3.8, 4) is 5.69 Å². The number of amides is 1. The second-order valence-corrected chi connectivity index (χ2v) is 5.00. The van der Waals surface area contributed by atoms with Gasteiger partial charge in [0.05, 0.1) is 12.3 Å². The number of anilines is 1. The number of ether oxygens (including phenoxy) is 1. The number of hydrogen-bond acceptors (Lipinski definition) is 4. The molecule has 3 rings (SSSR count). The first kappa shape index (κ1) is 13.6. The molecule has 6 nitrogen and oxygen atoms in total. The molecule has 1 aromatic carbocycles. The third-order valence-electron chi connectivity index (χ3n) is 3.45. The van der Waals surface area contributed by atoms with Gasteiger partial charge in [-0.05, 0) is 30.7 Å². The molecule has 0 aliphatic carbocycles. The quantitative estimate of drug-likeness (QED) is 0.845. The maximum Gasteiger partial charge on any atom is 0.274 e. The molecule has 1 aliphatic rings. The number of nitrogen functional groups attached to an aromatic ring is 1. The largest absolute Gasteiger partial charge is 0.399 e. The van der Waals surface area contributed by atoms with Gasteiger partial charge < -0.3 is 15.4 Å². The molecule has 2 heterocycles. The van der Waals surface area contributed by atoms with Crippen LogP contribution >= 0.6 is 0 Å². The highest BCUT2D eigenvalue weighted by molar-refractivity contribution is 5.92. The Morgan fingerprint density at radius 2 is 2.14 bits per heavy atom. The van der Waals surface area contributed by atoms with Crippen LogP contribution in [0.15, 0.2) is 36.5 Å². The molecule has 0 bridgehead atoms. The summed E-state index contributed by atoms with van der Waals surface area (Å²) < 4.78 is 7.03. The van der Waals surface area contributed by atoms with Gasteiger partial charge >= 0.3 is 0 Å². The zero-order valence-corrected chi connectivity index (χ0v) is 11.7. The Morgan fingerprint density at radius 3 is 3.00 bits per heavy atom. The predicted molar refractivity (Wildman–Crippen MR) is 79.3 cm³/mol.